The molecule has 0 bridgehead atoms. The van der Waals surface area contributed by atoms with Gasteiger partial charge in [-0.2, -0.15) is 0 Å². The summed E-state index contributed by atoms with van der Waals surface area (Å²) in [4.78, 5) is 4.02. The van der Waals surface area contributed by atoms with Gasteiger partial charge in [0, 0.05) is 30.4 Å². The third kappa shape index (κ3) is 3.83. The van der Waals surface area contributed by atoms with Crippen molar-refractivity contribution in [3.05, 3.63) is 18.3 Å². The second-order valence-electron chi connectivity index (χ2n) is 2.91. The molecule has 1 aromatic rings. The molecule has 0 saturated heterocycles. The molecule has 0 amide bonds. The normalized spacial score (nSPS) is 9.86. The summed E-state index contributed by atoms with van der Waals surface area (Å²) in [5.74, 6) is 1.36. The molecular formula is C10H15ClN2O. The smallest absolute Gasteiger partial charge is 0.214 e. The van der Waals surface area contributed by atoms with E-state index < -0.39 is 0 Å². The molecule has 1 heterocycles. The zero-order valence-electron chi connectivity index (χ0n) is 8.29. The molecule has 0 atom stereocenters. The number of pyridine rings is 1. The van der Waals surface area contributed by atoms with Gasteiger partial charge in [0.1, 0.15) is 0 Å². The molecule has 4 heteroatoms. The molecule has 0 spiro atoms. The van der Waals surface area contributed by atoms with E-state index in [1.807, 2.05) is 12.1 Å². The number of nitrogens with one attached hydrogen (secondary N) is 1. The Morgan fingerprint density at radius 2 is 2.36 bits per heavy atom. The molecule has 78 valence electrons. The predicted molar refractivity (Wildman–Crippen MR) is 59.2 cm³/mol. The zero-order valence-corrected chi connectivity index (χ0v) is 9.05. The van der Waals surface area contributed by atoms with Crippen LogP contribution in [0.15, 0.2) is 18.3 Å². The summed E-state index contributed by atoms with van der Waals surface area (Å²) in [5.41, 5.74) is 1.03. The van der Waals surface area contributed by atoms with Crippen molar-refractivity contribution in [3.63, 3.8) is 0 Å². The molecular weight excluding hydrogens is 200 g/mol. The van der Waals surface area contributed by atoms with E-state index in [1.165, 1.54) is 0 Å². The third-order valence-electron chi connectivity index (χ3n) is 1.83. The van der Waals surface area contributed by atoms with E-state index in [1.54, 1.807) is 13.3 Å². The first-order valence-electron chi connectivity index (χ1n) is 4.66. The number of rotatable bonds is 6. The number of hydrogen-bond donors (Lipinski definition) is 1. The van der Waals surface area contributed by atoms with E-state index >= 15 is 0 Å². The van der Waals surface area contributed by atoms with Gasteiger partial charge in [0.15, 0.2) is 0 Å². The standard InChI is InChI=1S/C10H15ClN2O/c1-14-10-8-9(4-7-13-10)12-6-3-2-5-11/h4,7-8H,2-3,5-6H2,1H3,(H,12,13). The zero-order chi connectivity index (χ0) is 10.2. The highest BCUT2D eigenvalue weighted by Crippen LogP contribution is 2.13. The molecule has 0 aromatic carbocycles. The van der Waals surface area contributed by atoms with Crippen LogP contribution in [0.4, 0.5) is 5.69 Å². The number of halogens is 1. The van der Waals surface area contributed by atoms with Crippen LogP contribution in [0.1, 0.15) is 12.8 Å². The Hall–Kier alpha value is -0.960. The quantitative estimate of drug-likeness (QED) is 0.584. The fraction of sp³-hybridized carbons (Fsp3) is 0.500. The lowest BCUT2D eigenvalue weighted by Gasteiger charge is -2.06. The van der Waals surface area contributed by atoms with Crippen molar-refractivity contribution in [3.8, 4) is 5.88 Å². The maximum absolute atomic E-state index is 5.57. The molecule has 0 fully saturated rings. The Bertz CT molecular complexity index is 268. The third-order valence-corrected chi connectivity index (χ3v) is 2.10. The molecule has 3 nitrogen and oxygen atoms in total. The minimum atomic E-state index is 0.632. The van der Waals surface area contributed by atoms with Gasteiger partial charge in [-0.1, -0.05) is 0 Å². The van der Waals surface area contributed by atoms with Crippen LogP contribution in [0.3, 0.4) is 0 Å². The van der Waals surface area contributed by atoms with Crippen LogP contribution in [0.5, 0.6) is 5.88 Å². The first kappa shape index (κ1) is 11.1. The van der Waals surface area contributed by atoms with Crippen molar-refractivity contribution in [2.24, 2.45) is 0 Å². The highest BCUT2D eigenvalue weighted by molar-refractivity contribution is 6.17. The molecule has 0 saturated carbocycles. The van der Waals surface area contributed by atoms with Gasteiger partial charge in [-0.25, -0.2) is 4.98 Å². The molecule has 0 radical (unpaired) electrons. The fourth-order valence-corrected chi connectivity index (χ4v) is 1.27. The molecule has 0 aliphatic carbocycles. The first-order valence-corrected chi connectivity index (χ1v) is 5.20. The van der Waals surface area contributed by atoms with Crippen molar-refractivity contribution in [2.45, 2.75) is 12.8 Å². The van der Waals surface area contributed by atoms with E-state index in [9.17, 15) is 0 Å². The largest absolute Gasteiger partial charge is 0.481 e. The van der Waals surface area contributed by atoms with Crippen molar-refractivity contribution in [2.75, 3.05) is 24.9 Å². The monoisotopic (exact) mass is 214 g/mol. The number of hydrogen-bond acceptors (Lipinski definition) is 3. The van der Waals surface area contributed by atoms with Gasteiger partial charge in [-0.05, 0) is 18.9 Å². The maximum Gasteiger partial charge on any atom is 0.214 e. The van der Waals surface area contributed by atoms with Crippen molar-refractivity contribution < 1.29 is 4.74 Å². The van der Waals surface area contributed by atoms with E-state index in [0.29, 0.717) is 5.88 Å². The lowest BCUT2D eigenvalue weighted by Crippen LogP contribution is -2.02. The topological polar surface area (TPSA) is 34.1 Å². The van der Waals surface area contributed by atoms with Gasteiger partial charge in [0.05, 0.1) is 7.11 Å². The number of nitrogens with zero attached hydrogens (tertiary/aromatic N) is 1. The van der Waals surface area contributed by atoms with Gasteiger partial charge < -0.3 is 10.1 Å². The van der Waals surface area contributed by atoms with Crippen molar-refractivity contribution in [1.82, 2.24) is 4.98 Å². The van der Waals surface area contributed by atoms with Crippen molar-refractivity contribution in [1.29, 1.82) is 0 Å². The fourth-order valence-electron chi connectivity index (χ4n) is 1.08. The summed E-state index contributed by atoms with van der Waals surface area (Å²) >= 11 is 5.57. The van der Waals surface area contributed by atoms with Gasteiger partial charge in [0.25, 0.3) is 0 Å². The number of alkyl halides is 1. The van der Waals surface area contributed by atoms with E-state index in [4.69, 9.17) is 16.3 Å². The number of methoxy groups -OCH3 is 1. The second-order valence-corrected chi connectivity index (χ2v) is 3.29. The molecule has 1 rings (SSSR count). The van der Waals surface area contributed by atoms with Crippen LogP contribution in [-0.4, -0.2) is 24.5 Å². The number of unbranched alkanes of at least 4 members (excludes halogenated alkanes) is 1. The Morgan fingerprint density at radius 1 is 1.50 bits per heavy atom. The molecule has 0 aliphatic rings. The van der Waals surface area contributed by atoms with Gasteiger partial charge in [-0.3, -0.25) is 0 Å². The van der Waals surface area contributed by atoms with Crippen LogP contribution < -0.4 is 10.1 Å². The Morgan fingerprint density at radius 3 is 3.07 bits per heavy atom. The van der Waals surface area contributed by atoms with Crippen LogP contribution in [0, 0.1) is 0 Å². The lowest BCUT2D eigenvalue weighted by atomic mass is 10.3. The molecule has 0 aliphatic heterocycles. The van der Waals surface area contributed by atoms with Gasteiger partial charge >= 0.3 is 0 Å². The average Bonchev–Trinajstić information content (AvgIpc) is 2.25. The minimum Gasteiger partial charge on any atom is -0.481 e. The van der Waals surface area contributed by atoms with E-state index in [2.05, 4.69) is 10.3 Å². The van der Waals surface area contributed by atoms with E-state index in [-0.39, 0.29) is 0 Å². The summed E-state index contributed by atoms with van der Waals surface area (Å²) in [6.07, 6.45) is 3.84. The highest BCUT2D eigenvalue weighted by atomic mass is 35.5. The molecule has 0 unspecified atom stereocenters. The first-order chi connectivity index (χ1) is 6.86. The summed E-state index contributed by atoms with van der Waals surface area (Å²) < 4.78 is 5.01. The Balaban J connectivity index is 2.34. The van der Waals surface area contributed by atoms with Crippen LogP contribution in [0.25, 0.3) is 0 Å². The lowest BCUT2D eigenvalue weighted by molar-refractivity contribution is 0.398. The van der Waals surface area contributed by atoms with Crippen LogP contribution in [-0.2, 0) is 0 Å². The second kappa shape index (κ2) is 6.49. The molecule has 1 N–H and O–H groups in total. The van der Waals surface area contributed by atoms with Gasteiger partial charge in [0.2, 0.25) is 5.88 Å². The SMILES string of the molecule is COc1cc(NCCCCCl)ccn1. The van der Waals surface area contributed by atoms with Gasteiger partial charge in [-0.15, -0.1) is 11.6 Å². The Labute approximate surface area is 89.4 Å². The Kier molecular flexibility index (Phi) is 5.15. The summed E-state index contributed by atoms with van der Waals surface area (Å²) in [6.45, 7) is 0.930. The number of anilines is 1. The summed E-state index contributed by atoms with van der Waals surface area (Å²) in [5, 5.41) is 3.28. The highest BCUT2D eigenvalue weighted by Gasteiger charge is 1.95. The van der Waals surface area contributed by atoms with Crippen molar-refractivity contribution >= 4 is 17.3 Å². The van der Waals surface area contributed by atoms with Crippen LogP contribution >= 0.6 is 11.6 Å². The predicted octanol–water partition coefficient (Wildman–Crippen LogP) is 2.52. The van der Waals surface area contributed by atoms with E-state index in [0.717, 1.165) is 31.0 Å². The number of aromatic nitrogens is 1. The summed E-state index contributed by atoms with van der Waals surface area (Å²) in [6, 6.07) is 3.80. The maximum atomic E-state index is 5.57. The number of ether oxygens (including phenoxy) is 1. The van der Waals surface area contributed by atoms with Crippen LogP contribution in [0.2, 0.25) is 0 Å². The summed E-state index contributed by atoms with van der Waals surface area (Å²) in [7, 11) is 1.61. The minimum absolute atomic E-state index is 0.632. The molecule has 14 heavy (non-hydrogen) atoms. The molecule has 1 aromatic heterocycles. The average molecular weight is 215 g/mol.